The maximum absolute atomic E-state index is 12.2. The van der Waals surface area contributed by atoms with Gasteiger partial charge in [0.25, 0.3) is 0 Å². The highest BCUT2D eigenvalue weighted by atomic mass is 32.2. The maximum Gasteiger partial charge on any atom is 0.335 e. The second-order valence-electron chi connectivity index (χ2n) is 4.41. The summed E-state index contributed by atoms with van der Waals surface area (Å²) in [4.78, 5) is 13.1. The van der Waals surface area contributed by atoms with Crippen LogP contribution in [0.2, 0.25) is 0 Å². The summed E-state index contributed by atoms with van der Waals surface area (Å²) in [5.74, 6) is -1.07. The number of nitrogens with zero attached hydrogens (tertiary/aromatic N) is 1. The molecule has 0 aromatic heterocycles. The van der Waals surface area contributed by atoms with Gasteiger partial charge in [-0.25, -0.2) is 13.2 Å². The Morgan fingerprint density at radius 1 is 1.33 bits per heavy atom. The molecule has 5 nitrogen and oxygen atoms in total. The molecule has 18 heavy (non-hydrogen) atoms. The Morgan fingerprint density at radius 2 is 2.00 bits per heavy atom. The molecule has 0 radical (unpaired) electrons. The molecule has 0 atom stereocenters. The van der Waals surface area contributed by atoms with Crippen molar-refractivity contribution in [3.05, 3.63) is 34.2 Å². The Kier molecular flexibility index (Phi) is 3.00. The van der Waals surface area contributed by atoms with E-state index in [1.165, 1.54) is 24.3 Å². The molecule has 1 aromatic carbocycles. The van der Waals surface area contributed by atoms with Crippen LogP contribution in [-0.2, 0) is 9.84 Å². The summed E-state index contributed by atoms with van der Waals surface area (Å²) in [7, 11) is 0.102. The monoisotopic (exact) mass is 267 g/mol. The summed E-state index contributed by atoms with van der Waals surface area (Å²) in [6.45, 7) is 0.305. The smallest absolute Gasteiger partial charge is 0.335 e. The summed E-state index contributed by atoms with van der Waals surface area (Å²) in [5.41, 5.74) is 0.540. The Labute approximate surface area is 105 Å². The van der Waals surface area contributed by atoms with Gasteiger partial charge >= 0.3 is 5.97 Å². The van der Waals surface area contributed by atoms with Gasteiger partial charge < -0.3 is 10.0 Å². The number of carboxylic acids is 1. The first-order valence-electron chi connectivity index (χ1n) is 5.30. The van der Waals surface area contributed by atoms with Crippen molar-refractivity contribution in [2.24, 2.45) is 0 Å². The van der Waals surface area contributed by atoms with Gasteiger partial charge in [-0.15, -0.1) is 0 Å². The largest absolute Gasteiger partial charge is 0.478 e. The molecule has 1 N–H and O–H groups in total. The molecule has 0 bridgehead atoms. The first kappa shape index (κ1) is 12.8. The fourth-order valence-corrected chi connectivity index (χ4v) is 3.54. The quantitative estimate of drug-likeness (QED) is 0.886. The lowest BCUT2D eigenvalue weighted by Gasteiger charge is -2.10. The second kappa shape index (κ2) is 4.22. The van der Waals surface area contributed by atoms with Gasteiger partial charge in [-0.3, -0.25) is 0 Å². The van der Waals surface area contributed by atoms with Crippen LogP contribution in [0.4, 0.5) is 0 Å². The van der Waals surface area contributed by atoms with Crippen LogP contribution in [-0.4, -0.2) is 45.0 Å². The van der Waals surface area contributed by atoms with E-state index in [4.69, 9.17) is 5.11 Å². The van der Waals surface area contributed by atoms with Crippen molar-refractivity contribution >= 4 is 21.9 Å². The van der Waals surface area contributed by atoms with Crippen LogP contribution in [0.3, 0.4) is 0 Å². The molecule has 0 saturated carbocycles. The molecule has 0 aliphatic carbocycles. The van der Waals surface area contributed by atoms with Crippen LogP contribution in [0.5, 0.6) is 0 Å². The zero-order chi connectivity index (χ0) is 13.5. The van der Waals surface area contributed by atoms with E-state index < -0.39 is 15.8 Å². The molecule has 96 valence electrons. The third kappa shape index (κ3) is 2.04. The number of rotatable bonds is 3. The van der Waals surface area contributed by atoms with Crippen molar-refractivity contribution in [2.75, 3.05) is 20.6 Å². The molecule has 1 aliphatic heterocycles. The van der Waals surface area contributed by atoms with Crippen molar-refractivity contribution in [3.63, 3.8) is 0 Å². The summed E-state index contributed by atoms with van der Waals surface area (Å²) in [5, 5.41) is 8.88. The van der Waals surface area contributed by atoms with Gasteiger partial charge in [-0.05, 0) is 43.9 Å². The Hall–Kier alpha value is -1.66. The predicted molar refractivity (Wildman–Crippen MR) is 67.1 cm³/mol. The summed E-state index contributed by atoms with van der Waals surface area (Å²) in [6, 6.07) is 4.05. The van der Waals surface area contributed by atoms with E-state index in [1.54, 1.807) is 19.0 Å². The zero-order valence-corrected chi connectivity index (χ0v) is 10.9. The van der Waals surface area contributed by atoms with Gasteiger partial charge in [0.05, 0.1) is 15.4 Å². The fraction of sp³-hybridized carbons (Fsp3) is 0.250. The summed E-state index contributed by atoms with van der Waals surface area (Å²) < 4.78 is 24.3. The van der Waals surface area contributed by atoms with Crippen molar-refractivity contribution < 1.29 is 18.3 Å². The van der Waals surface area contributed by atoms with Crippen molar-refractivity contribution in [1.82, 2.24) is 4.90 Å². The Bertz CT molecular complexity index is 644. The Morgan fingerprint density at radius 3 is 2.56 bits per heavy atom. The average Bonchev–Trinajstić information content (AvgIpc) is 2.49. The number of carboxylic acid groups (broad SMARTS) is 1. The third-order valence-corrected chi connectivity index (χ3v) is 4.57. The highest BCUT2D eigenvalue weighted by Gasteiger charge is 2.30. The minimum Gasteiger partial charge on any atom is -0.478 e. The Balaban J connectivity index is 2.53. The second-order valence-corrected chi connectivity index (χ2v) is 6.38. The van der Waals surface area contributed by atoms with Crippen molar-refractivity contribution in [3.8, 4) is 0 Å². The number of sulfone groups is 1. The van der Waals surface area contributed by atoms with Gasteiger partial charge in [0.1, 0.15) is 0 Å². The van der Waals surface area contributed by atoms with E-state index in [0.29, 0.717) is 17.0 Å². The van der Waals surface area contributed by atoms with Gasteiger partial charge in [0, 0.05) is 6.54 Å². The van der Waals surface area contributed by atoms with Crippen molar-refractivity contribution in [1.29, 1.82) is 0 Å². The fourth-order valence-electron chi connectivity index (χ4n) is 1.87. The SMILES string of the molecule is CN(C)CC1=Cc2cc(C(=O)O)ccc2S1(=O)=O. The maximum atomic E-state index is 12.2. The number of hydrogen-bond donors (Lipinski definition) is 1. The van der Waals surface area contributed by atoms with E-state index in [1.807, 2.05) is 0 Å². The lowest BCUT2D eigenvalue weighted by Crippen LogP contribution is -2.18. The topological polar surface area (TPSA) is 74.7 Å². The summed E-state index contributed by atoms with van der Waals surface area (Å²) >= 11 is 0. The number of benzene rings is 1. The highest BCUT2D eigenvalue weighted by Crippen LogP contribution is 2.33. The van der Waals surface area contributed by atoms with Crippen LogP contribution in [0.15, 0.2) is 28.0 Å². The molecular weight excluding hydrogens is 254 g/mol. The van der Waals surface area contributed by atoms with E-state index in [-0.39, 0.29) is 10.5 Å². The molecule has 0 fully saturated rings. The molecule has 0 spiro atoms. The number of aromatic carboxylic acids is 1. The normalized spacial score (nSPS) is 16.5. The molecule has 0 saturated heterocycles. The average molecular weight is 267 g/mol. The highest BCUT2D eigenvalue weighted by molar-refractivity contribution is 7.95. The van der Waals surface area contributed by atoms with Gasteiger partial charge in [-0.2, -0.15) is 0 Å². The van der Waals surface area contributed by atoms with Crippen LogP contribution in [0.25, 0.3) is 6.08 Å². The lowest BCUT2D eigenvalue weighted by molar-refractivity contribution is 0.0696. The van der Waals surface area contributed by atoms with Crippen LogP contribution >= 0.6 is 0 Å². The zero-order valence-electron chi connectivity index (χ0n) is 10.0. The molecule has 0 amide bonds. The van der Waals surface area contributed by atoms with Crippen LogP contribution in [0, 0.1) is 0 Å². The molecule has 1 aliphatic rings. The first-order chi connectivity index (χ1) is 8.32. The number of likely N-dealkylation sites (N-methyl/N-ethyl adjacent to an activating group) is 1. The number of fused-ring (bicyclic) bond motifs is 1. The molecule has 6 heteroatoms. The van der Waals surface area contributed by atoms with Gasteiger partial charge in [0.15, 0.2) is 0 Å². The predicted octanol–water partition coefficient (Wildman–Crippen LogP) is 1.07. The summed E-state index contributed by atoms with van der Waals surface area (Å²) in [6.07, 6.45) is 1.54. The van der Waals surface area contributed by atoms with Crippen molar-refractivity contribution in [2.45, 2.75) is 4.90 Å². The van der Waals surface area contributed by atoms with E-state index >= 15 is 0 Å². The number of hydrogen-bond acceptors (Lipinski definition) is 4. The lowest BCUT2D eigenvalue weighted by atomic mass is 10.1. The number of carbonyl (C=O) groups is 1. The van der Waals surface area contributed by atoms with E-state index in [2.05, 4.69) is 0 Å². The molecule has 1 aromatic rings. The van der Waals surface area contributed by atoms with Gasteiger partial charge in [-0.1, -0.05) is 0 Å². The van der Waals surface area contributed by atoms with E-state index in [0.717, 1.165) is 0 Å². The van der Waals surface area contributed by atoms with Crippen LogP contribution in [0.1, 0.15) is 15.9 Å². The van der Waals surface area contributed by atoms with Gasteiger partial charge in [0.2, 0.25) is 9.84 Å². The third-order valence-electron chi connectivity index (χ3n) is 2.68. The molecule has 2 rings (SSSR count). The van der Waals surface area contributed by atoms with Crippen LogP contribution < -0.4 is 0 Å². The molecule has 1 heterocycles. The first-order valence-corrected chi connectivity index (χ1v) is 6.78. The minimum atomic E-state index is -3.46. The standard InChI is InChI=1S/C12H13NO4S/c1-13(2)7-10-6-9-5-8(12(14)15)3-4-11(9)18(10,16)17/h3-6H,7H2,1-2H3,(H,14,15). The minimum absolute atomic E-state index is 0.0892. The molecular formula is C12H13NO4S. The molecule has 0 unspecified atom stereocenters. The van der Waals surface area contributed by atoms with E-state index in [9.17, 15) is 13.2 Å².